The van der Waals surface area contributed by atoms with Crippen molar-refractivity contribution in [3.63, 3.8) is 0 Å². The molecule has 0 aliphatic carbocycles. The van der Waals surface area contributed by atoms with Crippen LogP contribution < -0.4 is 9.47 Å². The van der Waals surface area contributed by atoms with E-state index < -0.39 is 6.10 Å². The van der Waals surface area contributed by atoms with E-state index in [1.165, 1.54) is 0 Å². The van der Waals surface area contributed by atoms with Gasteiger partial charge in [0.2, 0.25) is 0 Å². The number of benzene rings is 2. The van der Waals surface area contributed by atoms with Gasteiger partial charge in [-0.1, -0.05) is 0 Å². The van der Waals surface area contributed by atoms with Gasteiger partial charge in [0.05, 0.1) is 0 Å². The number of aliphatic hydroxyl groups is 1. The van der Waals surface area contributed by atoms with Crippen LogP contribution in [-0.2, 0) is 0 Å². The Morgan fingerprint density at radius 2 is 1.82 bits per heavy atom. The van der Waals surface area contributed by atoms with Crippen LogP contribution in [0.4, 0.5) is 0 Å². The van der Waals surface area contributed by atoms with Crippen molar-refractivity contribution in [3.05, 3.63) is 60.2 Å². The summed E-state index contributed by atoms with van der Waals surface area (Å²) < 4.78 is 10.8. The van der Waals surface area contributed by atoms with Gasteiger partial charge in [-0.15, -0.1) is 0 Å². The Bertz CT molecular complexity index is 632. The molecule has 0 bridgehead atoms. The SMILES string of the molecule is COc1ccccc1C#C[Se]CC(O)COc1ccccc1. The zero-order valence-corrected chi connectivity index (χ0v) is 14.1. The summed E-state index contributed by atoms with van der Waals surface area (Å²) in [6.07, 6.45) is -0.493. The van der Waals surface area contributed by atoms with E-state index in [1.54, 1.807) is 7.11 Å². The summed E-state index contributed by atoms with van der Waals surface area (Å²) in [6.45, 7) is 0.294. The summed E-state index contributed by atoms with van der Waals surface area (Å²) in [5.74, 6) is 4.64. The van der Waals surface area contributed by atoms with E-state index in [2.05, 4.69) is 10.7 Å². The molecule has 0 amide bonds. The molecule has 2 aromatic carbocycles. The second-order valence-corrected chi connectivity index (χ2v) is 6.25. The quantitative estimate of drug-likeness (QED) is 0.635. The van der Waals surface area contributed by atoms with Crippen LogP contribution in [0.25, 0.3) is 0 Å². The van der Waals surface area contributed by atoms with Crippen LogP contribution in [0, 0.1) is 10.7 Å². The Balaban J connectivity index is 1.75. The predicted octanol–water partition coefficient (Wildman–Crippen LogP) is 2.57. The van der Waals surface area contributed by atoms with Gasteiger partial charge in [-0.05, 0) is 0 Å². The number of hydrogen-bond acceptors (Lipinski definition) is 3. The molecule has 1 N–H and O–H groups in total. The third kappa shape index (κ3) is 5.46. The van der Waals surface area contributed by atoms with Gasteiger partial charge in [-0.3, -0.25) is 0 Å². The van der Waals surface area contributed by atoms with E-state index in [9.17, 15) is 5.11 Å². The normalized spacial score (nSPS) is 11.2. The molecule has 3 nitrogen and oxygen atoms in total. The molecule has 0 spiro atoms. The van der Waals surface area contributed by atoms with Crippen molar-refractivity contribution in [3.8, 4) is 22.2 Å². The van der Waals surface area contributed by atoms with E-state index in [0.717, 1.165) is 17.1 Å². The number of ether oxygens (including phenoxy) is 2. The van der Waals surface area contributed by atoms with Crippen LogP contribution in [0.5, 0.6) is 11.5 Å². The molecular weight excluding hydrogens is 343 g/mol. The topological polar surface area (TPSA) is 38.7 Å². The maximum absolute atomic E-state index is 9.91. The summed E-state index contributed by atoms with van der Waals surface area (Å²) in [5.41, 5.74) is 0.877. The van der Waals surface area contributed by atoms with Gasteiger partial charge < -0.3 is 0 Å². The van der Waals surface area contributed by atoms with Crippen molar-refractivity contribution in [2.45, 2.75) is 11.4 Å². The van der Waals surface area contributed by atoms with Crippen LogP contribution in [0.1, 0.15) is 5.56 Å². The molecule has 2 rings (SSSR count). The van der Waals surface area contributed by atoms with Crippen LogP contribution >= 0.6 is 0 Å². The van der Waals surface area contributed by atoms with Crippen molar-refractivity contribution >= 4 is 15.0 Å². The number of hydrogen-bond donors (Lipinski definition) is 1. The first kappa shape index (κ1) is 16.4. The van der Waals surface area contributed by atoms with Crippen molar-refractivity contribution in [2.24, 2.45) is 0 Å². The minimum atomic E-state index is -0.493. The number of para-hydroxylation sites is 2. The summed E-state index contributed by atoms with van der Waals surface area (Å²) in [4.78, 5) is 3.12. The maximum atomic E-state index is 9.91. The average molecular weight is 361 g/mol. The zero-order valence-electron chi connectivity index (χ0n) is 12.4. The van der Waals surface area contributed by atoms with Gasteiger partial charge in [0, 0.05) is 0 Å². The van der Waals surface area contributed by atoms with Crippen molar-refractivity contribution in [1.82, 2.24) is 0 Å². The summed E-state index contributed by atoms with van der Waals surface area (Å²) in [7, 11) is 1.64. The molecular formula is C18H18O3Se. The molecule has 22 heavy (non-hydrogen) atoms. The van der Waals surface area contributed by atoms with Gasteiger partial charge in [-0.25, -0.2) is 0 Å². The van der Waals surface area contributed by atoms with E-state index in [0.29, 0.717) is 11.9 Å². The average Bonchev–Trinajstić information content (AvgIpc) is 2.58. The van der Waals surface area contributed by atoms with Crippen LogP contribution in [0.3, 0.4) is 0 Å². The molecule has 4 heteroatoms. The summed E-state index contributed by atoms with van der Waals surface area (Å²) >= 11 is 0.0420. The second-order valence-electron chi connectivity index (χ2n) is 4.52. The van der Waals surface area contributed by atoms with E-state index in [4.69, 9.17) is 9.47 Å². The fourth-order valence-corrected chi connectivity index (χ4v) is 2.90. The summed E-state index contributed by atoms with van der Waals surface area (Å²) in [5, 5.41) is 10.5. The first-order valence-electron chi connectivity index (χ1n) is 6.91. The fourth-order valence-electron chi connectivity index (χ4n) is 1.73. The molecule has 0 radical (unpaired) electrons. The van der Waals surface area contributed by atoms with E-state index >= 15 is 0 Å². The first-order chi connectivity index (χ1) is 10.8. The Kier molecular flexibility index (Phi) is 6.86. The van der Waals surface area contributed by atoms with Crippen molar-refractivity contribution in [2.75, 3.05) is 13.7 Å². The molecule has 0 fully saturated rings. The van der Waals surface area contributed by atoms with E-state index in [-0.39, 0.29) is 15.0 Å². The fraction of sp³-hybridized carbons (Fsp3) is 0.222. The van der Waals surface area contributed by atoms with Gasteiger partial charge in [0.25, 0.3) is 0 Å². The van der Waals surface area contributed by atoms with Crippen LogP contribution in [-0.4, -0.2) is 39.9 Å². The molecule has 2 aromatic rings. The number of aliphatic hydroxyl groups excluding tert-OH is 1. The molecule has 114 valence electrons. The van der Waals surface area contributed by atoms with Crippen LogP contribution in [0.2, 0.25) is 5.32 Å². The van der Waals surface area contributed by atoms with Crippen molar-refractivity contribution < 1.29 is 14.6 Å². The minimum absolute atomic E-state index is 0.0420. The van der Waals surface area contributed by atoms with Gasteiger partial charge in [-0.2, -0.15) is 0 Å². The molecule has 0 heterocycles. The third-order valence-corrected chi connectivity index (χ3v) is 4.50. The Morgan fingerprint density at radius 1 is 1.09 bits per heavy atom. The summed E-state index contributed by atoms with van der Waals surface area (Å²) in [6, 6.07) is 17.2. The zero-order chi connectivity index (χ0) is 15.6. The Labute approximate surface area is 137 Å². The Hall–Kier alpha value is -1.92. The molecule has 1 unspecified atom stereocenters. The van der Waals surface area contributed by atoms with Gasteiger partial charge >= 0.3 is 137 Å². The monoisotopic (exact) mass is 362 g/mol. The number of methoxy groups -OCH3 is 1. The number of rotatable bonds is 6. The standard InChI is InChI=1S/C18H18O3Se/c1-20-18-10-6-5-7-15(18)11-12-22-14-16(19)13-21-17-8-3-2-4-9-17/h2-10,16,19H,13-14H2,1H3. The predicted molar refractivity (Wildman–Crippen MR) is 88.4 cm³/mol. The van der Waals surface area contributed by atoms with Gasteiger partial charge in [0.15, 0.2) is 0 Å². The Morgan fingerprint density at radius 3 is 2.59 bits per heavy atom. The van der Waals surface area contributed by atoms with Crippen LogP contribution in [0.15, 0.2) is 54.6 Å². The van der Waals surface area contributed by atoms with Crippen molar-refractivity contribution in [1.29, 1.82) is 0 Å². The molecule has 0 aromatic heterocycles. The molecule has 0 aliphatic heterocycles. The molecule has 1 atom stereocenters. The molecule has 0 saturated heterocycles. The third-order valence-electron chi connectivity index (χ3n) is 2.83. The van der Waals surface area contributed by atoms with Gasteiger partial charge in [0.1, 0.15) is 0 Å². The first-order valence-corrected chi connectivity index (χ1v) is 8.98. The molecule has 0 aliphatic rings. The molecule has 0 saturated carbocycles. The van der Waals surface area contributed by atoms with E-state index in [1.807, 2.05) is 54.6 Å². The second kappa shape index (κ2) is 9.17.